The molecule has 0 aliphatic carbocycles. The van der Waals surface area contributed by atoms with E-state index in [4.69, 9.17) is 0 Å². The Balaban J connectivity index is 1.51. The van der Waals surface area contributed by atoms with E-state index >= 15 is 0 Å². The zero-order valence-corrected chi connectivity index (χ0v) is 14.3. The summed E-state index contributed by atoms with van der Waals surface area (Å²) in [6.45, 7) is 2.23. The van der Waals surface area contributed by atoms with E-state index in [1.165, 1.54) is 0 Å². The average Bonchev–Trinajstić information content (AvgIpc) is 2.97. The van der Waals surface area contributed by atoms with E-state index in [2.05, 4.69) is 10.3 Å². The SMILES string of the molecule is Cc1cc2cc(CNC(=O)C3CCN(C(=O)C(F)(F)F)CC3)ccc2[nH]1. The second-order valence-electron chi connectivity index (χ2n) is 6.66. The molecule has 1 aromatic carbocycles. The Morgan fingerprint density at radius 1 is 1.23 bits per heavy atom. The Bertz CT molecular complexity index is 821. The molecule has 2 aromatic rings. The number of alkyl halides is 3. The van der Waals surface area contributed by atoms with Crippen molar-refractivity contribution in [1.29, 1.82) is 0 Å². The van der Waals surface area contributed by atoms with Crippen molar-refractivity contribution in [2.45, 2.75) is 32.5 Å². The van der Waals surface area contributed by atoms with Gasteiger partial charge in [0.05, 0.1) is 0 Å². The van der Waals surface area contributed by atoms with Crippen LogP contribution >= 0.6 is 0 Å². The lowest BCUT2D eigenvalue weighted by Crippen LogP contribution is -2.47. The molecule has 140 valence electrons. The van der Waals surface area contributed by atoms with E-state index < -0.39 is 12.1 Å². The van der Waals surface area contributed by atoms with Crippen molar-refractivity contribution in [3.63, 3.8) is 0 Å². The summed E-state index contributed by atoms with van der Waals surface area (Å²) in [6, 6.07) is 7.88. The molecular formula is C18H20F3N3O2. The maximum atomic E-state index is 12.4. The van der Waals surface area contributed by atoms with Crippen molar-refractivity contribution in [2.75, 3.05) is 13.1 Å². The molecule has 26 heavy (non-hydrogen) atoms. The van der Waals surface area contributed by atoms with E-state index in [1.807, 2.05) is 31.2 Å². The lowest BCUT2D eigenvalue weighted by molar-refractivity contribution is -0.186. The molecule has 1 aliphatic heterocycles. The van der Waals surface area contributed by atoms with Crippen LogP contribution in [0.4, 0.5) is 13.2 Å². The molecule has 1 aromatic heterocycles. The summed E-state index contributed by atoms with van der Waals surface area (Å²) in [4.78, 5) is 27.5. The number of H-pyrrole nitrogens is 1. The van der Waals surface area contributed by atoms with Gasteiger partial charge < -0.3 is 15.2 Å². The molecule has 2 amide bonds. The molecule has 8 heteroatoms. The van der Waals surface area contributed by atoms with E-state index in [-0.39, 0.29) is 37.8 Å². The molecule has 1 aliphatic rings. The number of aromatic amines is 1. The fourth-order valence-corrected chi connectivity index (χ4v) is 3.29. The quantitative estimate of drug-likeness (QED) is 0.876. The van der Waals surface area contributed by atoms with Gasteiger partial charge in [0.15, 0.2) is 0 Å². The number of rotatable bonds is 3. The van der Waals surface area contributed by atoms with E-state index in [9.17, 15) is 22.8 Å². The van der Waals surface area contributed by atoms with Crippen molar-refractivity contribution < 1.29 is 22.8 Å². The van der Waals surface area contributed by atoms with Crippen molar-refractivity contribution in [3.05, 3.63) is 35.5 Å². The van der Waals surface area contributed by atoms with E-state index in [1.54, 1.807) is 0 Å². The molecule has 1 fully saturated rings. The molecule has 0 saturated carbocycles. The summed E-state index contributed by atoms with van der Waals surface area (Å²) < 4.78 is 37.3. The monoisotopic (exact) mass is 367 g/mol. The van der Waals surface area contributed by atoms with Crippen molar-refractivity contribution >= 4 is 22.7 Å². The highest BCUT2D eigenvalue weighted by Gasteiger charge is 2.43. The van der Waals surface area contributed by atoms with Crippen LogP contribution in [-0.2, 0) is 16.1 Å². The number of halogens is 3. The van der Waals surface area contributed by atoms with Crippen LogP contribution in [0.2, 0.25) is 0 Å². The second kappa shape index (κ2) is 7.01. The molecule has 2 N–H and O–H groups in total. The zero-order valence-electron chi connectivity index (χ0n) is 14.3. The maximum absolute atomic E-state index is 12.4. The normalized spacial score (nSPS) is 16.1. The maximum Gasteiger partial charge on any atom is 0.471 e. The van der Waals surface area contributed by atoms with Gasteiger partial charge in [0.2, 0.25) is 5.91 Å². The number of aromatic nitrogens is 1. The number of fused-ring (bicyclic) bond motifs is 1. The number of benzene rings is 1. The zero-order chi connectivity index (χ0) is 18.9. The third-order valence-corrected chi connectivity index (χ3v) is 4.68. The molecule has 0 bridgehead atoms. The van der Waals surface area contributed by atoms with Gasteiger partial charge in [-0.3, -0.25) is 9.59 Å². The lowest BCUT2D eigenvalue weighted by atomic mass is 9.95. The Morgan fingerprint density at radius 3 is 2.58 bits per heavy atom. The van der Waals surface area contributed by atoms with Gasteiger partial charge in [-0.05, 0) is 48.9 Å². The third-order valence-electron chi connectivity index (χ3n) is 4.68. The molecule has 0 radical (unpaired) electrons. The summed E-state index contributed by atoms with van der Waals surface area (Å²) in [5.74, 6) is -2.38. The predicted molar refractivity (Wildman–Crippen MR) is 90.2 cm³/mol. The van der Waals surface area contributed by atoms with Crippen molar-refractivity contribution in [1.82, 2.24) is 15.2 Å². The second-order valence-corrected chi connectivity index (χ2v) is 6.66. The van der Waals surface area contributed by atoms with Gasteiger partial charge in [-0.25, -0.2) is 0 Å². The number of nitrogens with one attached hydrogen (secondary N) is 2. The highest BCUT2D eigenvalue weighted by Crippen LogP contribution is 2.24. The van der Waals surface area contributed by atoms with Crippen LogP contribution in [0.3, 0.4) is 0 Å². The topological polar surface area (TPSA) is 65.2 Å². The average molecular weight is 367 g/mol. The summed E-state index contributed by atoms with van der Waals surface area (Å²) in [7, 11) is 0. The third kappa shape index (κ3) is 4.00. The molecular weight excluding hydrogens is 347 g/mol. The smallest absolute Gasteiger partial charge is 0.359 e. The molecule has 0 atom stereocenters. The number of piperidine rings is 1. The Hall–Kier alpha value is -2.51. The molecule has 1 saturated heterocycles. The first-order chi connectivity index (χ1) is 12.2. The van der Waals surface area contributed by atoms with Crippen molar-refractivity contribution in [2.24, 2.45) is 5.92 Å². The van der Waals surface area contributed by atoms with Gasteiger partial charge in [-0.1, -0.05) is 6.07 Å². The molecule has 2 heterocycles. The Kier molecular flexibility index (Phi) is 4.93. The number of likely N-dealkylation sites (tertiary alicyclic amines) is 1. The van der Waals surface area contributed by atoms with E-state index in [0.29, 0.717) is 6.54 Å². The van der Waals surface area contributed by atoms with Crippen molar-refractivity contribution in [3.8, 4) is 0 Å². The largest absolute Gasteiger partial charge is 0.471 e. The first-order valence-electron chi connectivity index (χ1n) is 8.46. The molecule has 0 spiro atoms. The molecule has 5 nitrogen and oxygen atoms in total. The fourth-order valence-electron chi connectivity index (χ4n) is 3.29. The lowest BCUT2D eigenvalue weighted by Gasteiger charge is -2.31. The van der Waals surface area contributed by atoms with Gasteiger partial charge in [-0.15, -0.1) is 0 Å². The van der Waals surface area contributed by atoms with Gasteiger partial charge in [0.1, 0.15) is 0 Å². The van der Waals surface area contributed by atoms with Crippen LogP contribution in [0.5, 0.6) is 0 Å². The van der Waals surface area contributed by atoms with Gasteiger partial charge in [-0.2, -0.15) is 13.2 Å². The number of hydrogen-bond acceptors (Lipinski definition) is 2. The minimum Gasteiger partial charge on any atom is -0.359 e. The fraction of sp³-hybridized carbons (Fsp3) is 0.444. The predicted octanol–water partition coefficient (Wildman–Crippen LogP) is 2.89. The number of amides is 2. The summed E-state index contributed by atoms with van der Waals surface area (Å²) >= 11 is 0. The van der Waals surface area contributed by atoms with Crippen LogP contribution in [0.25, 0.3) is 10.9 Å². The number of carbonyl (C=O) groups excluding carboxylic acids is 2. The van der Waals surface area contributed by atoms with Crippen LogP contribution in [0.1, 0.15) is 24.1 Å². The van der Waals surface area contributed by atoms with Gasteiger partial charge in [0, 0.05) is 36.8 Å². The number of nitrogens with zero attached hydrogens (tertiary/aromatic N) is 1. The van der Waals surface area contributed by atoms with E-state index in [0.717, 1.165) is 27.1 Å². The minimum atomic E-state index is -4.86. The summed E-state index contributed by atoms with van der Waals surface area (Å²) in [6.07, 6.45) is -4.38. The standard InChI is InChI=1S/C18H20F3N3O2/c1-11-8-14-9-12(2-3-15(14)23-11)10-22-16(25)13-4-6-24(7-5-13)17(26)18(19,20)21/h2-3,8-9,13,23H,4-7,10H2,1H3,(H,22,25). The van der Waals surface area contributed by atoms with Crippen LogP contribution in [0.15, 0.2) is 24.3 Å². The minimum absolute atomic E-state index is 0.0506. The molecule has 0 unspecified atom stereocenters. The Morgan fingerprint density at radius 2 is 1.92 bits per heavy atom. The highest BCUT2D eigenvalue weighted by molar-refractivity contribution is 5.83. The van der Waals surface area contributed by atoms with Crippen LogP contribution < -0.4 is 5.32 Å². The Labute approximate surface area is 148 Å². The number of hydrogen-bond donors (Lipinski definition) is 2. The van der Waals surface area contributed by atoms with Gasteiger partial charge in [0.25, 0.3) is 0 Å². The van der Waals surface area contributed by atoms with Crippen LogP contribution in [-0.4, -0.2) is 41.0 Å². The number of carbonyl (C=O) groups is 2. The summed E-state index contributed by atoms with van der Waals surface area (Å²) in [5.41, 5.74) is 3.04. The number of aryl methyl sites for hydroxylation is 1. The molecule has 3 rings (SSSR count). The summed E-state index contributed by atoms with van der Waals surface area (Å²) in [5, 5.41) is 3.90. The highest BCUT2D eigenvalue weighted by atomic mass is 19.4. The first kappa shape index (κ1) is 18.3. The van der Waals surface area contributed by atoms with Crippen LogP contribution in [0, 0.1) is 12.8 Å². The van der Waals surface area contributed by atoms with Gasteiger partial charge >= 0.3 is 12.1 Å². The first-order valence-corrected chi connectivity index (χ1v) is 8.46.